The molecule has 1 aromatic carbocycles. The average molecular weight is 382 g/mol. The second-order valence-corrected chi connectivity index (χ2v) is 7.47. The molecule has 28 heavy (non-hydrogen) atoms. The van der Waals surface area contributed by atoms with Crippen molar-refractivity contribution in [2.75, 3.05) is 5.32 Å². The number of alkyl halides is 2. The Morgan fingerprint density at radius 1 is 1.11 bits per heavy atom. The van der Waals surface area contributed by atoms with Gasteiger partial charge in [-0.3, -0.25) is 15.0 Å². The first kappa shape index (κ1) is 17.2. The van der Waals surface area contributed by atoms with Gasteiger partial charge < -0.3 is 5.32 Å². The Balaban J connectivity index is 1.39. The second-order valence-electron chi connectivity index (χ2n) is 7.47. The van der Waals surface area contributed by atoms with Crippen molar-refractivity contribution < 1.29 is 13.2 Å². The van der Waals surface area contributed by atoms with E-state index in [1.807, 2.05) is 24.3 Å². The third-order valence-corrected chi connectivity index (χ3v) is 5.35. The number of amidine groups is 1. The molecular formula is C21H17F3N4. The fourth-order valence-electron chi connectivity index (χ4n) is 3.96. The van der Waals surface area contributed by atoms with Crippen molar-refractivity contribution in [3.8, 4) is 0 Å². The van der Waals surface area contributed by atoms with Gasteiger partial charge in [0.1, 0.15) is 11.7 Å². The van der Waals surface area contributed by atoms with Crippen LogP contribution in [0.5, 0.6) is 0 Å². The average Bonchev–Trinajstić information content (AvgIpc) is 3.02. The van der Waals surface area contributed by atoms with Crippen molar-refractivity contribution in [1.29, 1.82) is 0 Å². The number of halogens is 3. The van der Waals surface area contributed by atoms with Gasteiger partial charge in [-0.2, -0.15) is 0 Å². The molecule has 3 aromatic rings. The molecule has 1 fully saturated rings. The molecule has 0 bridgehead atoms. The molecule has 0 spiro atoms. The van der Waals surface area contributed by atoms with Gasteiger partial charge in [-0.25, -0.2) is 13.2 Å². The number of pyridine rings is 2. The van der Waals surface area contributed by atoms with Crippen LogP contribution in [0.4, 0.5) is 18.9 Å². The lowest BCUT2D eigenvalue weighted by Gasteiger charge is -2.34. The minimum absolute atomic E-state index is 0.0161. The van der Waals surface area contributed by atoms with Crippen LogP contribution in [0.15, 0.2) is 47.7 Å². The van der Waals surface area contributed by atoms with Crippen LogP contribution in [-0.4, -0.2) is 21.7 Å². The monoisotopic (exact) mass is 382 g/mol. The predicted octanol–water partition coefficient (Wildman–Crippen LogP) is 4.73. The van der Waals surface area contributed by atoms with Gasteiger partial charge in [-0.05, 0) is 42.0 Å². The Kier molecular flexibility index (Phi) is 3.86. The van der Waals surface area contributed by atoms with E-state index in [1.165, 1.54) is 12.3 Å². The Morgan fingerprint density at radius 2 is 1.96 bits per heavy atom. The van der Waals surface area contributed by atoms with Crippen molar-refractivity contribution in [3.05, 3.63) is 65.5 Å². The normalized spacial score (nSPS) is 17.9. The van der Waals surface area contributed by atoms with Gasteiger partial charge in [0.2, 0.25) is 5.92 Å². The minimum atomic E-state index is -2.51. The molecule has 5 rings (SSSR count). The molecule has 1 N–H and O–H groups in total. The maximum absolute atomic E-state index is 13.5. The summed E-state index contributed by atoms with van der Waals surface area (Å²) in [6.45, 7) is 0.422. The van der Waals surface area contributed by atoms with Gasteiger partial charge in [-0.15, -0.1) is 0 Å². The van der Waals surface area contributed by atoms with E-state index in [4.69, 9.17) is 0 Å². The predicted molar refractivity (Wildman–Crippen MR) is 101 cm³/mol. The summed E-state index contributed by atoms with van der Waals surface area (Å²) in [4.78, 5) is 12.9. The number of aromatic nitrogens is 2. The largest absolute Gasteiger partial charge is 0.340 e. The van der Waals surface area contributed by atoms with Gasteiger partial charge in [0, 0.05) is 41.4 Å². The lowest BCUT2D eigenvalue weighted by Crippen LogP contribution is -2.36. The molecule has 3 heterocycles. The summed E-state index contributed by atoms with van der Waals surface area (Å²) >= 11 is 0. The van der Waals surface area contributed by atoms with Gasteiger partial charge in [0.05, 0.1) is 18.4 Å². The molecule has 4 nitrogen and oxygen atoms in total. The van der Waals surface area contributed by atoms with Crippen LogP contribution >= 0.6 is 0 Å². The fraction of sp³-hybridized carbons (Fsp3) is 0.286. The highest BCUT2D eigenvalue weighted by atomic mass is 19.3. The number of nitrogens with one attached hydrogen (secondary N) is 1. The van der Waals surface area contributed by atoms with Crippen LogP contribution in [0, 0.1) is 11.7 Å². The van der Waals surface area contributed by atoms with Crippen molar-refractivity contribution >= 4 is 22.3 Å². The summed E-state index contributed by atoms with van der Waals surface area (Å²) in [5.74, 6) is -2.34. The maximum atomic E-state index is 13.5. The number of rotatable bonds is 3. The molecule has 0 radical (unpaired) electrons. The molecule has 1 aliphatic carbocycles. The zero-order chi connectivity index (χ0) is 19.3. The molecule has 0 amide bonds. The number of aliphatic imine (C=N–C) groups is 1. The van der Waals surface area contributed by atoms with E-state index in [0.717, 1.165) is 27.8 Å². The summed E-state index contributed by atoms with van der Waals surface area (Å²) in [5, 5.41) is 5.17. The molecule has 2 aromatic heterocycles. The quantitative estimate of drug-likeness (QED) is 0.713. The van der Waals surface area contributed by atoms with Crippen LogP contribution in [0.2, 0.25) is 0 Å². The number of fused-ring (bicyclic) bond motifs is 2. The number of hydrogen-bond acceptors (Lipinski definition) is 4. The highest BCUT2D eigenvalue weighted by Gasteiger charge is 2.45. The first-order valence-corrected chi connectivity index (χ1v) is 9.19. The Bertz CT molecular complexity index is 1100. The molecule has 0 unspecified atom stereocenters. The molecule has 0 saturated heterocycles. The van der Waals surface area contributed by atoms with E-state index in [0.29, 0.717) is 24.4 Å². The van der Waals surface area contributed by atoms with Crippen molar-refractivity contribution in [2.45, 2.75) is 31.7 Å². The van der Waals surface area contributed by atoms with Gasteiger partial charge in [0.25, 0.3) is 0 Å². The highest BCUT2D eigenvalue weighted by molar-refractivity contribution is 6.11. The van der Waals surface area contributed by atoms with Crippen molar-refractivity contribution in [3.63, 3.8) is 0 Å². The number of hydrogen-bond donors (Lipinski definition) is 1. The number of nitrogens with zero attached hydrogens (tertiary/aromatic N) is 3. The van der Waals surface area contributed by atoms with Gasteiger partial charge >= 0.3 is 0 Å². The fourth-order valence-corrected chi connectivity index (χ4v) is 3.96. The molecule has 1 aliphatic heterocycles. The van der Waals surface area contributed by atoms with E-state index in [2.05, 4.69) is 20.3 Å². The summed E-state index contributed by atoms with van der Waals surface area (Å²) in [7, 11) is 0. The second kappa shape index (κ2) is 6.29. The van der Waals surface area contributed by atoms with E-state index >= 15 is 0 Å². The van der Waals surface area contributed by atoms with Crippen molar-refractivity contribution in [2.24, 2.45) is 10.9 Å². The molecule has 142 valence electrons. The molecule has 1 saturated carbocycles. The van der Waals surface area contributed by atoms with Crippen LogP contribution in [0.3, 0.4) is 0 Å². The van der Waals surface area contributed by atoms with Gasteiger partial charge in [0.15, 0.2) is 0 Å². The molecular weight excluding hydrogens is 365 g/mol. The van der Waals surface area contributed by atoms with Crippen LogP contribution in [0.25, 0.3) is 10.8 Å². The Hall–Kier alpha value is -2.96. The van der Waals surface area contributed by atoms with Crippen LogP contribution in [0.1, 0.15) is 29.8 Å². The highest BCUT2D eigenvalue weighted by Crippen LogP contribution is 2.44. The van der Waals surface area contributed by atoms with E-state index in [1.54, 1.807) is 6.20 Å². The molecule has 7 heteroatoms. The SMILES string of the molecule is Fc1cnc2c(c1)C(Nc1ccc3c(CC4CC(F)(F)C4)nccc3c1)=NC2. The molecule has 2 aliphatic rings. The summed E-state index contributed by atoms with van der Waals surface area (Å²) < 4.78 is 39.7. The van der Waals surface area contributed by atoms with E-state index in [9.17, 15) is 13.2 Å². The van der Waals surface area contributed by atoms with Gasteiger partial charge in [-0.1, -0.05) is 6.07 Å². The lowest BCUT2D eigenvalue weighted by atomic mass is 9.78. The number of benzene rings is 1. The smallest absolute Gasteiger partial charge is 0.248 e. The number of anilines is 1. The third kappa shape index (κ3) is 3.10. The molecule has 0 atom stereocenters. The first-order chi connectivity index (χ1) is 13.5. The Labute approximate surface area is 159 Å². The van der Waals surface area contributed by atoms with Crippen LogP contribution in [-0.2, 0) is 13.0 Å². The lowest BCUT2D eigenvalue weighted by molar-refractivity contribution is -0.109. The summed E-state index contributed by atoms with van der Waals surface area (Å²) in [6.07, 6.45) is 3.34. The third-order valence-electron chi connectivity index (χ3n) is 5.35. The standard InChI is InChI=1S/C21H17F3N4/c22-14-7-17-19(26-10-14)11-27-20(17)28-15-1-2-16-13(6-15)3-4-25-18(16)5-12-8-21(23,24)9-12/h1-4,6-7,10,12H,5,8-9,11H2,(H,27,28). The van der Waals surface area contributed by atoms with Crippen molar-refractivity contribution in [1.82, 2.24) is 9.97 Å². The zero-order valence-electron chi connectivity index (χ0n) is 14.9. The summed E-state index contributed by atoms with van der Waals surface area (Å²) in [5.41, 5.74) is 3.07. The topological polar surface area (TPSA) is 50.2 Å². The van der Waals surface area contributed by atoms with Crippen LogP contribution < -0.4 is 5.32 Å². The van der Waals surface area contributed by atoms with E-state index in [-0.39, 0.29) is 18.8 Å². The first-order valence-electron chi connectivity index (χ1n) is 9.19. The van der Waals surface area contributed by atoms with E-state index < -0.39 is 11.7 Å². The zero-order valence-corrected chi connectivity index (χ0v) is 14.9. The summed E-state index contributed by atoms with van der Waals surface area (Å²) in [6, 6.07) is 9.12. The minimum Gasteiger partial charge on any atom is -0.340 e. The Morgan fingerprint density at radius 3 is 2.79 bits per heavy atom. The maximum Gasteiger partial charge on any atom is 0.248 e.